The maximum atomic E-state index is 11.4. The van der Waals surface area contributed by atoms with Crippen LogP contribution < -0.4 is 4.74 Å². The molecule has 1 aromatic carbocycles. The highest BCUT2D eigenvalue weighted by Gasteiger charge is 2.08. The lowest BCUT2D eigenvalue weighted by atomic mass is 10.3. The summed E-state index contributed by atoms with van der Waals surface area (Å²) in [6.45, 7) is 2.70. The van der Waals surface area contributed by atoms with Gasteiger partial charge in [-0.15, -0.1) is 0 Å². The van der Waals surface area contributed by atoms with Gasteiger partial charge in [-0.05, 0) is 35.0 Å². The fraction of sp³-hybridized carbons (Fsp3) is 0.364. The Balaban J connectivity index is 2.51. The second-order valence-electron chi connectivity index (χ2n) is 3.13. The summed E-state index contributed by atoms with van der Waals surface area (Å²) in [6.07, 6.45) is 0. The average Bonchev–Trinajstić information content (AvgIpc) is 2.26. The van der Waals surface area contributed by atoms with Crippen molar-refractivity contribution in [1.82, 2.24) is 4.90 Å². The van der Waals surface area contributed by atoms with Crippen molar-refractivity contribution in [3.63, 3.8) is 0 Å². The summed E-state index contributed by atoms with van der Waals surface area (Å²) >= 11 is 3.35. The van der Waals surface area contributed by atoms with Gasteiger partial charge in [-0.2, -0.15) is 0 Å². The van der Waals surface area contributed by atoms with E-state index in [-0.39, 0.29) is 12.5 Å². The number of carbonyl (C=O) groups excluding carboxylic acids is 1. The van der Waals surface area contributed by atoms with Crippen LogP contribution in [0.3, 0.4) is 0 Å². The van der Waals surface area contributed by atoms with Gasteiger partial charge in [0.05, 0.1) is 4.47 Å². The van der Waals surface area contributed by atoms with Crippen molar-refractivity contribution < 1.29 is 9.53 Å². The molecule has 3 nitrogen and oxygen atoms in total. The van der Waals surface area contributed by atoms with Crippen molar-refractivity contribution in [3.05, 3.63) is 28.7 Å². The van der Waals surface area contributed by atoms with E-state index in [9.17, 15) is 4.79 Å². The van der Waals surface area contributed by atoms with E-state index >= 15 is 0 Å². The molecule has 82 valence electrons. The zero-order chi connectivity index (χ0) is 11.3. The van der Waals surface area contributed by atoms with Gasteiger partial charge in [0.1, 0.15) is 5.75 Å². The number of amides is 1. The standard InChI is InChI=1S/C11H14BrNO2/c1-3-13(2)11(14)8-15-10-7-5-4-6-9(10)12/h4-7H,3,8H2,1-2H3. The highest BCUT2D eigenvalue weighted by atomic mass is 79.9. The van der Waals surface area contributed by atoms with Gasteiger partial charge in [0.15, 0.2) is 6.61 Å². The van der Waals surface area contributed by atoms with E-state index in [0.29, 0.717) is 12.3 Å². The van der Waals surface area contributed by atoms with Gasteiger partial charge in [0.2, 0.25) is 0 Å². The molecule has 0 heterocycles. The largest absolute Gasteiger partial charge is 0.483 e. The molecule has 0 aliphatic rings. The summed E-state index contributed by atoms with van der Waals surface area (Å²) in [5, 5.41) is 0. The summed E-state index contributed by atoms with van der Waals surface area (Å²) in [5.74, 6) is 0.670. The maximum Gasteiger partial charge on any atom is 0.260 e. The molecule has 0 saturated carbocycles. The third kappa shape index (κ3) is 3.55. The van der Waals surface area contributed by atoms with Crippen molar-refractivity contribution in [2.75, 3.05) is 20.2 Å². The highest BCUT2D eigenvalue weighted by Crippen LogP contribution is 2.23. The molecule has 0 aliphatic heterocycles. The monoisotopic (exact) mass is 271 g/mol. The first-order valence-electron chi connectivity index (χ1n) is 4.76. The Labute approximate surface area is 98.2 Å². The Kier molecular flexibility index (Phi) is 4.62. The summed E-state index contributed by atoms with van der Waals surface area (Å²) in [5.41, 5.74) is 0. The predicted molar refractivity (Wildman–Crippen MR) is 62.9 cm³/mol. The molecule has 0 aliphatic carbocycles. The molecule has 0 N–H and O–H groups in total. The number of nitrogens with zero attached hydrogens (tertiary/aromatic N) is 1. The van der Waals surface area contributed by atoms with Crippen LogP contribution in [0.5, 0.6) is 5.75 Å². The summed E-state index contributed by atoms with van der Waals surface area (Å²) < 4.78 is 6.24. The smallest absolute Gasteiger partial charge is 0.260 e. The van der Waals surface area contributed by atoms with E-state index in [1.807, 2.05) is 31.2 Å². The molecular weight excluding hydrogens is 258 g/mol. The molecule has 15 heavy (non-hydrogen) atoms. The molecule has 0 atom stereocenters. The van der Waals surface area contributed by atoms with Gasteiger partial charge < -0.3 is 9.64 Å². The molecule has 1 amide bonds. The number of rotatable bonds is 4. The Bertz CT molecular complexity index is 341. The van der Waals surface area contributed by atoms with Crippen LogP contribution in [0.25, 0.3) is 0 Å². The lowest BCUT2D eigenvalue weighted by Crippen LogP contribution is -2.31. The van der Waals surface area contributed by atoms with Gasteiger partial charge >= 0.3 is 0 Å². The molecule has 0 unspecified atom stereocenters. The molecule has 4 heteroatoms. The van der Waals surface area contributed by atoms with Crippen molar-refractivity contribution in [1.29, 1.82) is 0 Å². The van der Waals surface area contributed by atoms with Crippen molar-refractivity contribution in [2.24, 2.45) is 0 Å². The zero-order valence-corrected chi connectivity index (χ0v) is 10.5. The summed E-state index contributed by atoms with van der Waals surface area (Å²) in [7, 11) is 1.76. The number of para-hydroxylation sites is 1. The number of halogens is 1. The Hall–Kier alpha value is -1.03. The van der Waals surface area contributed by atoms with Crippen LogP contribution in [-0.2, 0) is 4.79 Å². The third-order valence-electron chi connectivity index (χ3n) is 2.09. The van der Waals surface area contributed by atoms with Crippen LogP contribution in [-0.4, -0.2) is 31.0 Å². The molecular formula is C11H14BrNO2. The first-order valence-corrected chi connectivity index (χ1v) is 5.55. The maximum absolute atomic E-state index is 11.4. The fourth-order valence-corrected chi connectivity index (χ4v) is 1.39. The van der Waals surface area contributed by atoms with Gasteiger partial charge in [0, 0.05) is 13.6 Å². The van der Waals surface area contributed by atoms with Crippen molar-refractivity contribution >= 4 is 21.8 Å². The van der Waals surface area contributed by atoms with Crippen LogP contribution in [0, 0.1) is 0 Å². The second kappa shape index (κ2) is 5.75. The van der Waals surface area contributed by atoms with E-state index in [0.717, 1.165) is 4.47 Å². The molecule has 0 fully saturated rings. The molecule has 0 saturated heterocycles. The van der Waals surface area contributed by atoms with Crippen LogP contribution >= 0.6 is 15.9 Å². The molecule has 1 aromatic rings. The van der Waals surface area contributed by atoms with E-state index in [1.165, 1.54) is 0 Å². The Morgan fingerprint density at radius 1 is 1.47 bits per heavy atom. The Morgan fingerprint density at radius 2 is 2.13 bits per heavy atom. The summed E-state index contributed by atoms with van der Waals surface area (Å²) in [4.78, 5) is 13.1. The number of hydrogen-bond acceptors (Lipinski definition) is 2. The molecule has 0 spiro atoms. The predicted octanol–water partition coefficient (Wildman–Crippen LogP) is 2.31. The topological polar surface area (TPSA) is 29.5 Å². The SMILES string of the molecule is CCN(C)C(=O)COc1ccccc1Br. The molecule has 0 bridgehead atoms. The lowest BCUT2D eigenvalue weighted by Gasteiger charge is -2.15. The number of ether oxygens (including phenoxy) is 1. The average molecular weight is 272 g/mol. The van der Waals surface area contributed by atoms with E-state index in [4.69, 9.17) is 4.74 Å². The van der Waals surface area contributed by atoms with E-state index in [1.54, 1.807) is 11.9 Å². The van der Waals surface area contributed by atoms with Crippen LogP contribution in [0.2, 0.25) is 0 Å². The molecule has 1 rings (SSSR count). The third-order valence-corrected chi connectivity index (χ3v) is 2.74. The first-order chi connectivity index (χ1) is 7.15. The zero-order valence-electron chi connectivity index (χ0n) is 8.87. The normalized spacial score (nSPS) is 9.80. The first kappa shape index (κ1) is 12.0. The molecule has 0 radical (unpaired) electrons. The number of carbonyl (C=O) groups is 1. The van der Waals surface area contributed by atoms with Crippen molar-refractivity contribution in [3.8, 4) is 5.75 Å². The van der Waals surface area contributed by atoms with Crippen LogP contribution in [0.1, 0.15) is 6.92 Å². The number of likely N-dealkylation sites (N-methyl/N-ethyl adjacent to an activating group) is 1. The Morgan fingerprint density at radius 3 is 2.73 bits per heavy atom. The fourth-order valence-electron chi connectivity index (χ4n) is 0.988. The minimum absolute atomic E-state index is 0.0201. The van der Waals surface area contributed by atoms with Gasteiger partial charge in [0.25, 0.3) is 5.91 Å². The second-order valence-corrected chi connectivity index (χ2v) is 3.98. The van der Waals surface area contributed by atoms with E-state index < -0.39 is 0 Å². The van der Waals surface area contributed by atoms with E-state index in [2.05, 4.69) is 15.9 Å². The van der Waals surface area contributed by atoms with Gasteiger partial charge in [-0.1, -0.05) is 12.1 Å². The summed E-state index contributed by atoms with van der Waals surface area (Å²) in [6, 6.07) is 7.47. The minimum Gasteiger partial charge on any atom is -0.483 e. The highest BCUT2D eigenvalue weighted by molar-refractivity contribution is 9.10. The lowest BCUT2D eigenvalue weighted by molar-refractivity contribution is -0.131. The number of benzene rings is 1. The van der Waals surface area contributed by atoms with Crippen LogP contribution in [0.4, 0.5) is 0 Å². The van der Waals surface area contributed by atoms with Gasteiger partial charge in [-0.25, -0.2) is 0 Å². The van der Waals surface area contributed by atoms with Crippen molar-refractivity contribution in [2.45, 2.75) is 6.92 Å². The minimum atomic E-state index is -0.0201. The molecule has 0 aromatic heterocycles. The van der Waals surface area contributed by atoms with Crippen LogP contribution in [0.15, 0.2) is 28.7 Å². The quantitative estimate of drug-likeness (QED) is 0.841. The van der Waals surface area contributed by atoms with Gasteiger partial charge in [-0.3, -0.25) is 4.79 Å². The number of hydrogen-bond donors (Lipinski definition) is 0.